The van der Waals surface area contributed by atoms with E-state index in [0.29, 0.717) is 0 Å². The molecule has 0 aromatic carbocycles. The van der Waals surface area contributed by atoms with E-state index in [1.54, 1.807) is 0 Å². The highest BCUT2D eigenvalue weighted by Crippen LogP contribution is 1.44. The van der Waals surface area contributed by atoms with Crippen molar-refractivity contribution in [2.75, 3.05) is 0 Å². The van der Waals surface area contributed by atoms with Gasteiger partial charge in [-0.05, 0) is 0 Å². The first-order valence-corrected chi connectivity index (χ1v) is 1.88. The van der Waals surface area contributed by atoms with Gasteiger partial charge in [0.25, 0.3) is 0 Å². The first-order chi connectivity index (χ1) is 5.20. The van der Waals surface area contributed by atoms with Crippen LogP contribution in [-0.4, -0.2) is 16.2 Å². The predicted octanol–water partition coefficient (Wildman–Crippen LogP) is -0.702. The van der Waals surface area contributed by atoms with Crippen LogP contribution in [0.25, 0.3) is 0 Å². The van der Waals surface area contributed by atoms with Gasteiger partial charge in [0.15, 0.2) is 0 Å². The van der Waals surface area contributed by atoms with Gasteiger partial charge in [-0.3, -0.25) is 0 Å². The Kier molecular flexibility index (Phi) is 47.9. The van der Waals surface area contributed by atoms with Crippen molar-refractivity contribution in [2.45, 2.75) is 0 Å². The SMILES string of the molecule is NC(N)=O.O=[N+]([O-])[O-].O=[N+]([O-])[O-].[NH4+].[NH4+]. The number of carbonyl (C=O) groups is 1. The predicted molar refractivity (Wildman–Crippen MR) is 46.5 cm³/mol. The van der Waals surface area contributed by atoms with E-state index in [1.165, 1.54) is 0 Å². The number of quaternary nitrogens is 2. The van der Waals surface area contributed by atoms with E-state index in [0.717, 1.165) is 0 Å². The van der Waals surface area contributed by atoms with Crippen LogP contribution >= 0.6 is 0 Å². The molecule has 0 unspecified atom stereocenters. The lowest BCUT2D eigenvalue weighted by Crippen LogP contribution is -2.18. The standard InChI is InChI=1S/CH4N2O.2NO3.2H3N/c3*2-1(3)4;;/h(H4,2,3,4);;;2*1H3/q;2*-1;;/p+2. The molecule has 0 fully saturated rings. The molecule has 13 heteroatoms. The van der Waals surface area contributed by atoms with Crippen molar-refractivity contribution in [3.63, 3.8) is 0 Å². The minimum absolute atomic E-state index is 0. The highest BCUT2D eigenvalue weighted by Gasteiger charge is 1.60. The molecular weight excluding hydrogens is 208 g/mol. The summed E-state index contributed by atoms with van der Waals surface area (Å²) in [5.74, 6) is 0. The van der Waals surface area contributed by atoms with Gasteiger partial charge in [0.2, 0.25) is 0 Å². The van der Waals surface area contributed by atoms with Gasteiger partial charge >= 0.3 is 6.03 Å². The van der Waals surface area contributed by atoms with Gasteiger partial charge in [0.05, 0.1) is 10.2 Å². The first-order valence-electron chi connectivity index (χ1n) is 1.88. The quantitative estimate of drug-likeness (QED) is 0.300. The molecule has 0 bridgehead atoms. The number of carbonyl (C=O) groups excluding carboxylic acids is 1. The summed E-state index contributed by atoms with van der Waals surface area (Å²) in [5.41, 5.74) is 8.50. The van der Waals surface area contributed by atoms with E-state index in [1.807, 2.05) is 0 Å². The summed E-state index contributed by atoms with van der Waals surface area (Å²) in [5, 5.41) is 29.5. The molecule has 0 heterocycles. The fourth-order valence-corrected chi connectivity index (χ4v) is 0. The first kappa shape index (κ1) is 29.9. The Labute approximate surface area is 76.7 Å². The number of nitrogens with zero attached hydrogens (tertiary/aromatic N) is 2. The molecule has 2 amide bonds. The molecule has 0 rings (SSSR count). The van der Waals surface area contributed by atoms with Crippen molar-refractivity contribution in [2.24, 2.45) is 11.5 Å². The summed E-state index contributed by atoms with van der Waals surface area (Å²) in [6.45, 7) is 0. The average molecular weight is 220 g/mol. The van der Waals surface area contributed by atoms with Crippen LogP contribution < -0.4 is 23.8 Å². The Hall–Kier alpha value is -2.41. The molecule has 12 N–H and O–H groups in total. The zero-order chi connectivity index (χ0) is 10.7. The molecule has 0 radical (unpaired) electrons. The molecule has 14 heavy (non-hydrogen) atoms. The van der Waals surface area contributed by atoms with Gasteiger partial charge < -0.3 is 54.4 Å². The molecule has 0 saturated carbocycles. The molecule has 88 valence electrons. The van der Waals surface area contributed by atoms with Crippen LogP contribution in [0.1, 0.15) is 0 Å². The van der Waals surface area contributed by atoms with E-state index >= 15 is 0 Å². The molecule has 0 aliphatic carbocycles. The van der Waals surface area contributed by atoms with Crippen LogP contribution in [0.2, 0.25) is 0 Å². The molecule has 0 aliphatic heterocycles. The van der Waals surface area contributed by atoms with Crippen LogP contribution in [-0.2, 0) is 0 Å². The maximum atomic E-state index is 9.00. The molecule has 0 spiro atoms. The average Bonchev–Trinajstić information content (AvgIpc) is 1.54. The summed E-state index contributed by atoms with van der Waals surface area (Å²) >= 11 is 0. The smallest absolute Gasteiger partial charge is 0.309 e. The van der Waals surface area contributed by atoms with Crippen LogP contribution in [0.4, 0.5) is 4.79 Å². The number of primary amides is 2. The molecule has 13 nitrogen and oxygen atoms in total. The van der Waals surface area contributed by atoms with Gasteiger partial charge in [0, 0.05) is 0 Å². The van der Waals surface area contributed by atoms with E-state index in [4.69, 9.17) is 35.4 Å². The van der Waals surface area contributed by atoms with Gasteiger partial charge in [0.1, 0.15) is 0 Å². The zero-order valence-electron chi connectivity index (χ0n) is 7.41. The second-order valence-electron chi connectivity index (χ2n) is 0.850. The fraction of sp³-hybridized carbons (Fsp3) is 0. The van der Waals surface area contributed by atoms with Crippen molar-refractivity contribution in [1.82, 2.24) is 12.3 Å². The van der Waals surface area contributed by atoms with E-state index in [2.05, 4.69) is 11.5 Å². The van der Waals surface area contributed by atoms with Gasteiger partial charge in [-0.15, -0.1) is 0 Å². The van der Waals surface area contributed by atoms with Gasteiger partial charge in [-0.2, -0.15) is 0 Å². The Morgan fingerprint density at radius 2 is 0.857 bits per heavy atom. The van der Waals surface area contributed by atoms with Crippen molar-refractivity contribution < 1.29 is 15.0 Å². The third kappa shape index (κ3) is 122. The van der Waals surface area contributed by atoms with Crippen molar-refractivity contribution in [3.05, 3.63) is 30.6 Å². The Morgan fingerprint density at radius 1 is 0.857 bits per heavy atom. The molecular formula is CH12N6O7. The van der Waals surface area contributed by atoms with Crippen LogP contribution in [0.5, 0.6) is 0 Å². The Morgan fingerprint density at radius 3 is 0.857 bits per heavy atom. The molecule has 0 atom stereocenters. The fourth-order valence-electron chi connectivity index (χ4n) is 0. The van der Waals surface area contributed by atoms with Crippen molar-refractivity contribution in [3.8, 4) is 0 Å². The van der Waals surface area contributed by atoms with Gasteiger partial charge in [-0.25, -0.2) is 4.79 Å². The van der Waals surface area contributed by atoms with E-state index in [-0.39, 0.29) is 12.3 Å². The van der Waals surface area contributed by atoms with Crippen LogP contribution in [0.15, 0.2) is 0 Å². The summed E-state index contributed by atoms with van der Waals surface area (Å²) in [7, 11) is 0. The number of nitrogens with two attached hydrogens (primary N) is 2. The van der Waals surface area contributed by atoms with Gasteiger partial charge in [-0.1, -0.05) is 0 Å². The topological polar surface area (TPSA) is 275 Å². The minimum Gasteiger partial charge on any atom is -0.369 e. The summed E-state index contributed by atoms with van der Waals surface area (Å²) in [6.07, 6.45) is 0. The summed E-state index contributed by atoms with van der Waals surface area (Å²) < 4.78 is 0. The van der Waals surface area contributed by atoms with E-state index in [9.17, 15) is 0 Å². The third-order valence-electron chi connectivity index (χ3n) is 0. The van der Waals surface area contributed by atoms with Crippen LogP contribution in [0.3, 0.4) is 0 Å². The maximum Gasteiger partial charge on any atom is 0.309 e. The largest absolute Gasteiger partial charge is 0.369 e. The number of rotatable bonds is 0. The number of urea groups is 1. The summed E-state index contributed by atoms with van der Waals surface area (Å²) in [6, 6.07) is -0.833. The van der Waals surface area contributed by atoms with E-state index < -0.39 is 16.2 Å². The Bertz CT molecular complexity index is 116. The molecule has 0 aromatic heterocycles. The summed E-state index contributed by atoms with van der Waals surface area (Å²) in [4.78, 5) is 25.5. The van der Waals surface area contributed by atoms with Crippen LogP contribution in [0, 0.1) is 30.6 Å². The number of amides is 2. The number of hydrogen-bond acceptors (Lipinski definition) is 7. The lowest BCUT2D eigenvalue weighted by atomic mass is 11.2. The monoisotopic (exact) mass is 220 g/mol. The molecule has 0 aliphatic rings. The van der Waals surface area contributed by atoms with Crippen molar-refractivity contribution in [1.29, 1.82) is 0 Å². The number of hydrogen-bond donors (Lipinski definition) is 4. The lowest BCUT2D eigenvalue weighted by molar-refractivity contribution is -0.403. The highest BCUT2D eigenvalue weighted by atomic mass is 16.9. The zero-order valence-corrected chi connectivity index (χ0v) is 7.41. The molecule has 0 aromatic rings. The third-order valence-corrected chi connectivity index (χ3v) is 0. The second-order valence-corrected chi connectivity index (χ2v) is 0.850. The normalized spacial score (nSPS) is 5.14. The van der Waals surface area contributed by atoms with Crippen molar-refractivity contribution >= 4 is 6.03 Å². The maximum absolute atomic E-state index is 9.00. The highest BCUT2D eigenvalue weighted by molar-refractivity contribution is 5.69. The molecule has 0 saturated heterocycles. The Balaban J connectivity index is -0.0000000270. The lowest BCUT2D eigenvalue weighted by Gasteiger charge is -1.74. The minimum atomic E-state index is -1.75. The second kappa shape index (κ2) is 22.4.